The number of carbonyl (C=O) groups excluding carboxylic acids is 2. The fourth-order valence-electron chi connectivity index (χ4n) is 5.17. The number of carbonyl (C=O) groups is 2. The summed E-state index contributed by atoms with van der Waals surface area (Å²) < 4.78 is 18.6. The molecule has 1 aromatic rings. The molecule has 4 rings (SSSR count). The van der Waals surface area contributed by atoms with E-state index in [4.69, 9.17) is 4.74 Å². The zero-order chi connectivity index (χ0) is 19.0. The van der Waals surface area contributed by atoms with Crippen LogP contribution in [0.1, 0.15) is 51.0 Å². The molecular weight excluding hydrogens is 347 g/mol. The van der Waals surface area contributed by atoms with E-state index in [1.807, 2.05) is 6.92 Å². The minimum atomic E-state index is -0.496. The first-order valence-electron chi connectivity index (χ1n) is 10.0. The van der Waals surface area contributed by atoms with E-state index in [9.17, 15) is 14.0 Å². The molecular formula is C21H27FN2O3. The van der Waals surface area contributed by atoms with Gasteiger partial charge in [0, 0.05) is 24.7 Å². The van der Waals surface area contributed by atoms with Crippen LogP contribution in [0.2, 0.25) is 0 Å². The molecule has 5 nitrogen and oxygen atoms in total. The maximum absolute atomic E-state index is 13.5. The van der Waals surface area contributed by atoms with E-state index in [-0.39, 0.29) is 17.7 Å². The molecule has 1 N–H and O–H groups in total. The normalized spacial score (nSPS) is 30.4. The van der Waals surface area contributed by atoms with Gasteiger partial charge in [-0.1, -0.05) is 6.07 Å². The van der Waals surface area contributed by atoms with Crippen molar-refractivity contribution in [3.05, 3.63) is 29.6 Å². The lowest BCUT2D eigenvalue weighted by atomic mass is 9.68. The Morgan fingerprint density at radius 1 is 1.33 bits per heavy atom. The summed E-state index contributed by atoms with van der Waals surface area (Å²) in [6.07, 6.45) is 5.03. The third-order valence-electron chi connectivity index (χ3n) is 6.58. The number of fused-ring (bicyclic) bond motifs is 2. The highest BCUT2D eigenvalue weighted by Crippen LogP contribution is 2.48. The Labute approximate surface area is 159 Å². The van der Waals surface area contributed by atoms with Gasteiger partial charge in [-0.15, -0.1) is 0 Å². The van der Waals surface area contributed by atoms with Gasteiger partial charge in [-0.25, -0.2) is 4.39 Å². The van der Waals surface area contributed by atoms with Gasteiger partial charge in [0.1, 0.15) is 5.82 Å². The Bertz CT molecular complexity index is 743. The van der Waals surface area contributed by atoms with Gasteiger partial charge in [-0.05, 0) is 69.2 Å². The number of amides is 1. The number of nitrogens with one attached hydrogen (secondary N) is 1. The first kappa shape index (κ1) is 18.4. The van der Waals surface area contributed by atoms with E-state index >= 15 is 0 Å². The molecule has 146 valence electrons. The van der Waals surface area contributed by atoms with Crippen LogP contribution in [0.25, 0.3) is 0 Å². The van der Waals surface area contributed by atoms with E-state index in [2.05, 4.69) is 10.2 Å². The van der Waals surface area contributed by atoms with Gasteiger partial charge in [-0.2, -0.15) is 0 Å². The predicted molar refractivity (Wildman–Crippen MR) is 99.9 cm³/mol. The summed E-state index contributed by atoms with van der Waals surface area (Å²) in [5.41, 5.74) is 1.09. The van der Waals surface area contributed by atoms with Crippen molar-refractivity contribution in [3.63, 3.8) is 0 Å². The average Bonchev–Trinajstić information content (AvgIpc) is 3.19. The number of hydrogen-bond donors (Lipinski definition) is 1. The molecule has 0 unspecified atom stereocenters. The SMILES string of the molecule is CCOC(=O)C[C@H]1CCN(C2CCC3(CC2)C(=O)Nc2cc(F)ccc23)C1. The second-order valence-electron chi connectivity index (χ2n) is 8.12. The predicted octanol–water partition coefficient (Wildman–Crippen LogP) is 3.23. The van der Waals surface area contributed by atoms with Gasteiger partial charge in [0.15, 0.2) is 0 Å². The van der Waals surface area contributed by atoms with Crippen molar-refractivity contribution < 1.29 is 18.7 Å². The minimum absolute atomic E-state index is 0.0168. The monoisotopic (exact) mass is 374 g/mol. The number of hydrogen-bond acceptors (Lipinski definition) is 4. The number of halogens is 1. The van der Waals surface area contributed by atoms with Crippen molar-refractivity contribution in [3.8, 4) is 0 Å². The van der Waals surface area contributed by atoms with Crippen LogP contribution in [0.15, 0.2) is 18.2 Å². The van der Waals surface area contributed by atoms with Gasteiger partial charge < -0.3 is 15.0 Å². The van der Waals surface area contributed by atoms with E-state index in [0.717, 1.165) is 50.8 Å². The maximum atomic E-state index is 13.5. The molecule has 1 amide bonds. The second kappa shape index (κ2) is 7.23. The van der Waals surface area contributed by atoms with E-state index < -0.39 is 5.41 Å². The summed E-state index contributed by atoms with van der Waals surface area (Å²) in [6, 6.07) is 5.11. The van der Waals surface area contributed by atoms with Crippen molar-refractivity contribution in [2.75, 3.05) is 25.0 Å². The molecule has 1 aromatic carbocycles. The molecule has 0 bridgehead atoms. The number of benzene rings is 1. The molecule has 1 spiro atoms. The largest absolute Gasteiger partial charge is 0.466 e. The van der Waals surface area contributed by atoms with Gasteiger partial charge in [0.25, 0.3) is 0 Å². The number of nitrogens with zero attached hydrogens (tertiary/aromatic N) is 1. The highest BCUT2D eigenvalue weighted by atomic mass is 19.1. The van der Waals surface area contributed by atoms with Gasteiger partial charge in [0.2, 0.25) is 5.91 Å². The number of esters is 1. The van der Waals surface area contributed by atoms with Crippen LogP contribution in [-0.4, -0.2) is 42.5 Å². The standard InChI is InChI=1S/C21H27FN2O3/c1-2-27-19(25)11-14-7-10-24(13-14)16-5-8-21(9-6-16)17-4-3-15(22)12-18(17)23-20(21)26/h3-4,12,14,16H,2,5-11,13H2,1H3,(H,23,26)/t14-,16?,21?/m1/s1. The van der Waals surface area contributed by atoms with Crippen LogP contribution >= 0.6 is 0 Å². The zero-order valence-electron chi connectivity index (χ0n) is 15.8. The summed E-state index contributed by atoms with van der Waals surface area (Å²) in [5.74, 6) is -0.0236. The Morgan fingerprint density at radius 2 is 2.11 bits per heavy atom. The third-order valence-corrected chi connectivity index (χ3v) is 6.58. The smallest absolute Gasteiger partial charge is 0.306 e. The van der Waals surface area contributed by atoms with Crippen LogP contribution in [-0.2, 0) is 19.7 Å². The van der Waals surface area contributed by atoms with Crippen LogP contribution < -0.4 is 5.32 Å². The summed E-state index contributed by atoms with van der Waals surface area (Å²) in [5, 5.41) is 2.88. The molecule has 27 heavy (non-hydrogen) atoms. The molecule has 6 heteroatoms. The summed E-state index contributed by atoms with van der Waals surface area (Å²) in [4.78, 5) is 26.9. The van der Waals surface area contributed by atoms with Gasteiger partial charge >= 0.3 is 5.97 Å². The molecule has 2 aliphatic heterocycles. The molecule has 1 saturated heterocycles. The van der Waals surface area contributed by atoms with Crippen LogP contribution in [0.3, 0.4) is 0 Å². The molecule has 2 fully saturated rings. The minimum Gasteiger partial charge on any atom is -0.466 e. The Kier molecular flexibility index (Phi) is 4.93. The fourth-order valence-corrected chi connectivity index (χ4v) is 5.17. The third kappa shape index (κ3) is 3.35. The highest BCUT2D eigenvalue weighted by molar-refractivity contribution is 6.06. The molecule has 1 atom stereocenters. The van der Waals surface area contributed by atoms with Gasteiger partial charge in [-0.3, -0.25) is 9.59 Å². The first-order chi connectivity index (χ1) is 13.0. The van der Waals surface area contributed by atoms with Crippen molar-refractivity contribution >= 4 is 17.6 Å². The molecule has 1 saturated carbocycles. The lowest BCUT2D eigenvalue weighted by molar-refractivity contribution is -0.144. The lowest BCUT2D eigenvalue weighted by Crippen LogP contribution is -2.44. The Morgan fingerprint density at radius 3 is 2.85 bits per heavy atom. The molecule has 3 aliphatic rings. The molecule has 0 aromatic heterocycles. The van der Waals surface area contributed by atoms with Crippen molar-refractivity contribution in [2.24, 2.45) is 5.92 Å². The topological polar surface area (TPSA) is 58.6 Å². The molecule has 2 heterocycles. The number of ether oxygens (including phenoxy) is 1. The average molecular weight is 374 g/mol. The first-order valence-corrected chi connectivity index (χ1v) is 10.0. The lowest BCUT2D eigenvalue weighted by Gasteiger charge is -2.39. The van der Waals surface area contributed by atoms with E-state index in [1.54, 1.807) is 6.07 Å². The number of rotatable bonds is 4. The maximum Gasteiger partial charge on any atom is 0.306 e. The summed E-state index contributed by atoms with van der Waals surface area (Å²) in [7, 11) is 0. The Balaban J connectivity index is 1.38. The quantitative estimate of drug-likeness (QED) is 0.822. The van der Waals surface area contributed by atoms with E-state index in [0.29, 0.717) is 30.7 Å². The van der Waals surface area contributed by atoms with E-state index in [1.165, 1.54) is 12.1 Å². The second-order valence-corrected chi connectivity index (χ2v) is 8.12. The van der Waals surface area contributed by atoms with Crippen molar-refractivity contribution in [1.29, 1.82) is 0 Å². The fraction of sp³-hybridized carbons (Fsp3) is 0.619. The zero-order valence-corrected chi connectivity index (χ0v) is 15.8. The van der Waals surface area contributed by atoms with Crippen LogP contribution in [0.5, 0.6) is 0 Å². The van der Waals surface area contributed by atoms with Crippen molar-refractivity contribution in [1.82, 2.24) is 4.90 Å². The molecule has 0 radical (unpaired) electrons. The Hall–Kier alpha value is -1.95. The highest BCUT2D eigenvalue weighted by Gasteiger charge is 2.49. The van der Waals surface area contributed by atoms with Crippen LogP contribution in [0, 0.1) is 11.7 Å². The number of anilines is 1. The molecule has 1 aliphatic carbocycles. The summed E-state index contributed by atoms with van der Waals surface area (Å²) in [6.45, 7) is 4.22. The van der Waals surface area contributed by atoms with Crippen LogP contribution in [0.4, 0.5) is 10.1 Å². The summed E-state index contributed by atoms with van der Waals surface area (Å²) >= 11 is 0. The van der Waals surface area contributed by atoms with Crippen molar-refractivity contribution in [2.45, 2.75) is 56.9 Å². The van der Waals surface area contributed by atoms with Gasteiger partial charge in [0.05, 0.1) is 12.0 Å². The number of likely N-dealkylation sites (tertiary alicyclic amines) is 1.